The highest BCUT2D eigenvalue weighted by Crippen LogP contribution is 2.27. The summed E-state index contributed by atoms with van der Waals surface area (Å²) in [6.45, 7) is 0.155. The van der Waals surface area contributed by atoms with E-state index in [2.05, 4.69) is 15.2 Å². The number of carbonyl (C=O) groups excluding carboxylic acids is 1. The predicted octanol–water partition coefficient (Wildman–Crippen LogP) is 4.43. The van der Waals surface area contributed by atoms with Crippen LogP contribution >= 0.6 is 0 Å². The summed E-state index contributed by atoms with van der Waals surface area (Å²) in [4.78, 5) is 17.1. The number of ether oxygens (including phenoxy) is 2. The monoisotopic (exact) mass is 442 g/mol. The Bertz CT molecular complexity index is 1460. The maximum atomic E-state index is 13.1. The van der Waals surface area contributed by atoms with Gasteiger partial charge in [-0.15, -0.1) is 10.2 Å². The quantitative estimate of drug-likeness (QED) is 0.347. The van der Waals surface area contributed by atoms with E-state index in [9.17, 15) is 9.18 Å². The first-order valence-corrected chi connectivity index (χ1v) is 10.3. The van der Waals surface area contributed by atoms with E-state index in [1.54, 1.807) is 54.2 Å². The minimum atomic E-state index is -0.331. The molecule has 164 valence electrons. The molecule has 0 aliphatic carbocycles. The lowest BCUT2D eigenvalue weighted by Crippen LogP contribution is -2.07. The molecule has 3 heterocycles. The number of fused-ring (bicyclic) bond motifs is 2. The van der Waals surface area contributed by atoms with Crippen molar-refractivity contribution in [2.45, 2.75) is 13.0 Å². The van der Waals surface area contributed by atoms with Gasteiger partial charge in [0, 0.05) is 35.8 Å². The van der Waals surface area contributed by atoms with Crippen LogP contribution in [0.15, 0.2) is 73.1 Å². The zero-order valence-corrected chi connectivity index (χ0v) is 17.7. The molecule has 0 aliphatic heterocycles. The molecule has 5 rings (SSSR count). The molecule has 8 heteroatoms. The summed E-state index contributed by atoms with van der Waals surface area (Å²) in [6, 6.07) is 16.7. The summed E-state index contributed by atoms with van der Waals surface area (Å²) < 4.78 is 26.1. The molecule has 33 heavy (non-hydrogen) atoms. The minimum absolute atomic E-state index is 0.0850. The molecule has 2 aromatic carbocycles. The maximum Gasteiger partial charge on any atom is 0.175 e. The van der Waals surface area contributed by atoms with Crippen LogP contribution in [0, 0.1) is 5.82 Å². The van der Waals surface area contributed by atoms with Gasteiger partial charge in [-0.05, 0) is 48.0 Å². The fraction of sp³-hybridized carbons (Fsp3) is 0.120. The standard InChI is InChI=1S/C25H19FN4O3/c1-32-19-7-8-20-21(13-19)27-11-10-23(20)33-15-25-29-28-24-9-4-17(14-30(24)25)22(31)12-16-2-5-18(26)6-3-16/h2-11,13-14H,12,15H2,1H3. The van der Waals surface area contributed by atoms with Crippen LogP contribution in [0.1, 0.15) is 21.7 Å². The van der Waals surface area contributed by atoms with E-state index in [-0.39, 0.29) is 24.6 Å². The number of ketones is 1. The Labute approximate surface area is 188 Å². The van der Waals surface area contributed by atoms with Gasteiger partial charge in [0.25, 0.3) is 0 Å². The highest BCUT2D eigenvalue weighted by molar-refractivity contribution is 5.97. The Morgan fingerprint density at radius 1 is 1.03 bits per heavy atom. The minimum Gasteiger partial charge on any atom is -0.497 e. The molecule has 0 radical (unpaired) electrons. The lowest BCUT2D eigenvalue weighted by atomic mass is 10.0. The molecule has 0 unspecified atom stereocenters. The number of carbonyl (C=O) groups is 1. The van der Waals surface area contributed by atoms with E-state index < -0.39 is 0 Å². The van der Waals surface area contributed by atoms with Gasteiger partial charge in [-0.1, -0.05) is 12.1 Å². The number of benzene rings is 2. The Balaban J connectivity index is 1.37. The van der Waals surface area contributed by atoms with Gasteiger partial charge in [-0.2, -0.15) is 0 Å². The summed E-state index contributed by atoms with van der Waals surface area (Å²) in [6.07, 6.45) is 3.55. The first-order chi connectivity index (χ1) is 16.1. The number of hydrogen-bond acceptors (Lipinski definition) is 6. The van der Waals surface area contributed by atoms with Gasteiger partial charge in [0.15, 0.2) is 17.3 Å². The van der Waals surface area contributed by atoms with Crippen molar-refractivity contribution < 1.29 is 18.7 Å². The van der Waals surface area contributed by atoms with Gasteiger partial charge in [0.2, 0.25) is 0 Å². The van der Waals surface area contributed by atoms with Crippen molar-refractivity contribution in [3.63, 3.8) is 0 Å². The number of methoxy groups -OCH3 is 1. The van der Waals surface area contributed by atoms with Crippen molar-refractivity contribution in [1.82, 2.24) is 19.6 Å². The number of aromatic nitrogens is 4. The van der Waals surface area contributed by atoms with Gasteiger partial charge in [0.05, 0.1) is 12.6 Å². The van der Waals surface area contributed by atoms with Crippen molar-refractivity contribution >= 4 is 22.3 Å². The third kappa shape index (κ3) is 4.23. The average Bonchev–Trinajstić information content (AvgIpc) is 3.26. The summed E-state index contributed by atoms with van der Waals surface area (Å²) in [5.74, 6) is 1.51. The van der Waals surface area contributed by atoms with Crippen LogP contribution in [0.25, 0.3) is 16.6 Å². The molecule has 0 amide bonds. The number of hydrogen-bond donors (Lipinski definition) is 0. The molecule has 0 N–H and O–H groups in total. The van der Waals surface area contributed by atoms with E-state index in [4.69, 9.17) is 9.47 Å². The van der Waals surface area contributed by atoms with Crippen molar-refractivity contribution in [3.8, 4) is 11.5 Å². The van der Waals surface area contributed by atoms with Crippen LogP contribution in [0.4, 0.5) is 4.39 Å². The molecule has 0 fully saturated rings. The van der Waals surface area contributed by atoms with E-state index in [1.807, 2.05) is 18.2 Å². The lowest BCUT2D eigenvalue weighted by Gasteiger charge is -2.09. The molecule has 0 saturated heterocycles. The molecular weight excluding hydrogens is 423 g/mol. The Morgan fingerprint density at radius 2 is 1.88 bits per heavy atom. The van der Waals surface area contributed by atoms with E-state index in [0.29, 0.717) is 28.5 Å². The SMILES string of the molecule is COc1ccc2c(OCc3nnc4ccc(C(=O)Cc5ccc(F)cc5)cn34)ccnc2c1. The number of rotatable bonds is 7. The third-order valence-electron chi connectivity index (χ3n) is 5.34. The van der Waals surface area contributed by atoms with E-state index in [0.717, 1.165) is 16.5 Å². The number of nitrogens with zero attached hydrogens (tertiary/aromatic N) is 4. The Hall–Kier alpha value is -4.33. The second kappa shape index (κ2) is 8.66. The van der Waals surface area contributed by atoms with Gasteiger partial charge in [-0.25, -0.2) is 4.39 Å². The number of halogens is 1. The Morgan fingerprint density at radius 3 is 2.70 bits per heavy atom. The van der Waals surface area contributed by atoms with Crippen LogP contribution in [0.3, 0.4) is 0 Å². The highest BCUT2D eigenvalue weighted by Gasteiger charge is 2.13. The van der Waals surface area contributed by atoms with Gasteiger partial charge in [-0.3, -0.25) is 14.2 Å². The highest BCUT2D eigenvalue weighted by atomic mass is 19.1. The lowest BCUT2D eigenvalue weighted by molar-refractivity contribution is 0.0992. The van der Waals surface area contributed by atoms with Crippen molar-refractivity contribution in [2.24, 2.45) is 0 Å². The fourth-order valence-electron chi connectivity index (χ4n) is 3.59. The molecule has 3 aromatic heterocycles. The molecular formula is C25H19FN4O3. The smallest absolute Gasteiger partial charge is 0.175 e. The normalized spacial score (nSPS) is 11.1. The van der Waals surface area contributed by atoms with Crippen molar-refractivity contribution in [1.29, 1.82) is 0 Å². The van der Waals surface area contributed by atoms with Gasteiger partial charge >= 0.3 is 0 Å². The van der Waals surface area contributed by atoms with Crippen molar-refractivity contribution in [2.75, 3.05) is 7.11 Å². The summed E-state index contributed by atoms with van der Waals surface area (Å²) in [5, 5.41) is 9.22. The zero-order chi connectivity index (χ0) is 22.8. The molecule has 0 atom stereocenters. The second-order valence-electron chi connectivity index (χ2n) is 7.47. The van der Waals surface area contributed by atoms with Gasteiger partial charge in [0.1, 0.15) is 23.9 Å². The van der Waals surface area contributed by atoms with E-state index in [1.165, 1.54) is 12.1 Å². The van der Waals surface area contributed by atoms with Crippen LogP contribution in [0.5, 0.6) is 11.5 Å². The van der Waals surface area contributed by atoms with Crippen LogP contribution < -0.4 is 9.47 Å². The summed E-state index contributed by atoms with van der Waals surface area (Å²) in [5.41, 5.74) is 2.62. The van der Waals surface area contributed by atoms with Gasteiger partial charge < -0.3 is 9.47 Å². The Kier molecular flexibility index (Phi) is 5.40. The number of pyridine rings is 2. The third-order valence-corrected chi connectivity index (χ3v) is 5.34. The average molecular weight is 442 g/mol. The van der Waals surface area contributed by atoms with E-state index >= 15 is 0 Å². The summed E-state index contributed by atoms with van der Waals surface area (Å²) >= 11 is 0. The second-order valence-corrected chi connectivity index (χ2v) is 7.47. The van der Waals surface area contributed by atoms with Crippen molar-refractivity contribution in [3.05, 3.63) is 95.8 Å². The van der Waals surface area contributed by atoms with Crippen LogP contribution in [-0.2, 0) is 13.0 Å². The molecule has 0 saturated carbocycles. The fourth-order valence-corrected chi connectivity index (χ4v) is 3.59. The number of Topliss-reactive ketones (excluding diaryl/α,β-unsaturated/α-hetero) is 1. The first-order valence-electron chi connectivity index (χ1n) is 10.3. The largest absolute Gasteiger partial charge is 0.497 e. The summed E-state index contributed by atoms with van der Waals surface area (Å²) in [7, 11) is 1.61. The van der Waals surface area contributed by atoms with Crippen LogP contribution in [0.2, 0.25) is 0 Å². The first kappa shape index (κ1) is 20.6. The topological polar surface area (TPSA) is 78.6 Å². The maximum absolute atomic E-state index is 13.1. The van der Waals surface area contributed by atoms with Crippen LogP contribution in [-0.4, -0.2) is 32.5 Å². The molecule has 0 spiro atoms. The predicted molar refractivity (Wildman–Crippen MR) is 120 cm³/mol. The zero-order valence-electron chi connectivity index (χ0n) is 17.7. The molecule has 0 bridgehead atoms. The molecule has 5 aromatic rings. The molecule has 7 nitrogen and oxygen atoms in total. The molecule has 0 aliphatic rings.